The minimum absolute atomic E-state index is 0.384. The first-order valence-corrected chi connectivity index (χ1v) is 12.9. The number of imidazole rings is 1. The molecule has 0 spiro atoms. The van der Waals surface area contributed by atoms with E-state index in [0.717, 1.165) is 64.2 Å². The van der Waals surface area contributed by atoms with Crippen molar-refractivity contribution in [2.75, 3.05) is 0 Å². The third kappa shape index (κ3) is 4.32. The smallest absolute Gasteiger partial charge is 0.408 e. The molecule has 0 bridgehead atoms. The van der Waals surface area contributed by atoms with E-state index in [1.807, 2.05) is 55.6 Å². The Balaban J connectivity index is 1.42. The van der Waals surface area contributed by atoms with Gasteiger partial charge in [0.15, 0.2) is 5.65 Å². The zero-order valence-electron chi connectivity index (χ0n) is 21.7. The zero-order valence-corrected chi connectivity index (χ0v) is 21.7. The summed E-state index contributed by atoms with van der Waals surface area (Å²) in [6, 6.07) is 22.4. The van der Waals surface area contributed by atoms with Crippen LogP contribution >= 0.6 is 0 Å². The molecule has 2 aromatic carbocycles. The van der Waals surface area contributed by atoms with E-state index in [0.29, 0.717) is 0 Å². The van der Waals surface area contributed by atoms with Gasteiger partial charge in [0.25, 0.3) is 0 Å². The van der Waals surface area contributed by atoms with E-state index < -0.39 is 11.1 Å². The number of alkyl carbamates (subject to hydrolysis) is 1. The number of hydrogen-bond acceptors (Lipinski definition) is 5. The lowest BCUT2D eigenvalue weighted by atomic mass is 9.71. The first-order chi connectivity index (χ1) is 18.3. The van der Waals surface area contributed by atoms with Gasteiger partial charge in [-0.3, -0.25) is 5.10 Å². The number of aromatic nitrogens is 5. The third-order valence-electron chi connectivity index (χ3n) is 7.02. The maximum absolute atomic E-state index is 12.6. The summed E-state index contributed by atoms with van der Waals surface area (Å²) in [7, 11) is 0. The van der Waals surface area contributed by atoms with Crippen molar-refractivity contribution in [3.8, 4) is 33.8 Å². The van der Waals surface area contributed by atoms with Crippen molar-refractivity contribution < 1.29 is 9.53 Å². The summed E-state index contributed by atoms with van der Waals surface area (Å²) in [5.41, 5.74) is 6.42. The standard InChI is InChI=1S/C30H30N6O2/c1-29(2,3)38-28(37)34-30(16-7-17-30)22-12-10-20(11-13-22)25-26(21-8-5-4-6-9-21)36-27(33-25)23(14-19-32-36)24-15-18-31-35-24/h4-6,8-15,18-19H,7,16-17H2,1-3H3,(H,31,35)(H,34,37). The highest BCUT2D eigenvalue weighted by Crippen LogP contribution is 2.43. The number of hydrogen-bond donors (Lipinski definition) is 2. The fraction of sp³-hybridized carbons (Fsp3) is 0.267. The van der Waals surface area contributed by atoms with E-state index >= 15 is 0 Å². The molecule has 0 atom stereocenters. The highest BCUT2D eigenvalue weighted by molar-refractivity contribution is 5.86. The summed E-state index contributed by atoms with van der Waals surface area (Å²) < 4.78 is 7.44. The van der Waals surface area contributed by atoms with Crippen LogP contribution < -0.4 is 5.32 Å². The number of amides is 1. The minimum atomic E-state index is -0.543. The summed E-state index contributed by atoms with van der Waals surface area (Å²) in [6.45, 7) is 5.63. The van der Waals surface area contributed by atoms with Crippen molar-refractivity contribution in [3.05, 3.63) is 84.7 Å². The van der Waals surface area contributed by atoms with Crippen LogP contribution in [0.2, 0.25) is 0 Å². The first kappa shape index (κ1) is 23.9. The van der Waals surface area contributed by atoms with Gasteiger partial charge in [-0.15, -0.1) is 0 Å². The lowest BCUT2D eigenvalue weighted by Gasteiger charge is -2.43. The number of H-pyrrole nitrogens is 1. The molecule has 0 unspecified atom stereocenters. The van der Waals surface area contributed by atoms with Crippen molar-refractivity contribution in [2.45, 2.75) is 51.2 Å². The van der Waals surface area contributed by atoms with Gasteiger partial charge in [0.2, 0.25) is 0 Å². The Morgan fingerprint density at radius 3 is 2.37 bits per heavy atom. The second kappa shape index (κ2) is 9.13. The Labute approximate surface area is 221 Å². The summed E-state index contributed by atoms with van der Waals surface area (Å²) >= 11 is 0. The average molecular weight is 507 g/mol. The van der Waals surface area contributed by atoms with Crippen LogP contribution in [0.5, 0.6) is 0 Å². The van der Waals surface area contributed by atoms with E-state index in [2.05, 4.69) is 57.0 Å². The summed E-state index contributed by atoms with van der Waals surface area (Å²) in [4.78, 5) is 17.7. The molecule has 1 aliphatic carbocycles. The molecule has 0 radical (unpaired) electrons. The fourth-order valence-corrected chi connectivity index (χ4v) is 5.08. The molecule has 3 heterocycles. The summed E-state index contributed by atoms with van der Waals surface area (Å²) in [5.74, 6) is 0. The van der Waals surface area contributed by atoms with Gasteiger partial charge in [-0.05, 0) is 57.7 Å². The highest BCUT2D eigenvalue weighted by Gasteiger charge is 2.41. The van der Waals surface area contributed by atoms with Gasteiger partial charge in [-0.1, -0.05) is 54.6 Å². The van der Waals surface area contributed by atoms with Crippen LogP contribution in [0.4, 0.5) is 4.79 Å². The number of carbonyl (C=O) groups is 1. The molecule has 1 aliphatic rings. The van der Waals surface area contributed by atoms with Gasteiger partial charge in [0.05, 0.1) is 16.9 Å². The van der Waals surface area contributed by atoms with Crippen molar-refractivity contribution in [2.24, 2.45) is 0 Å². The topological polar surface area (TPSA) is 97.2 Å². The molecule has 1 saturated carbocycles. The molecule has 38 heavy (non-hydrogen) atoms. The number of nitrogens with one attached hydrogen (secondary N) is 2. The van der Waals surface area contributed by atoms with E-state index in [4.69, 9.17) is 9.72 Å². The van der Waals surface area contributed by atoms with Crippen molar-refractivity contribution in [1.82, 2.24) is 30.1 Å². The highest BCUT2D eigenvalue weighted by atomic mass is 16.6. The number of ether oxygens (including phenoxy) is 1. The van der Waals surface area contributed by atoms with Crippen LogP contribution in [-0.4, -0.2) is 36.5 Å². The molecular formula is C30H30N6O2. The number of benzene rings is 2. The Kier molecular flexibility index (Phi) is 5.75. The predicted molar refractivity (Wildman–Crippen MR) is 146 cm³/mol. The SMILES string of the molecule is CC(C)(C)OC(=O)NC1(c2ccc(-c3nc4c(-c5ccn[nH]5)ccnn4c3-c3ccccc3)cc2)CCC1. The normalized spacial score (nSPS) is 14.7. The van der Waals surface area contributed by atoms with Crippen molar-refractivity contribution >= 4 is 11.7 Å². The molecule has 0 saturated heterocycles. The van der Waals surface area contributed by atoms with Crippen LogP contribution in [0.15, 0.2) is 79.1 Å². The molecule has 0 aliphatic heterocycles. The molecule has 3 aromatic heterocycles. The lowest BCUT2D eigenvalue weighted by molar-refractivity contribution is 0.0377. The van der Waals surface area contributed by atoms with Crippen LogP contribution in [-0.2, 0) is 10.3 Å². The molecule has 8 nitrogen and oxygen atoms in total. The van der Waals surface area contributed by atoms with Gasteiger partial charge in [-0.25, -0.2) is 14.3 Å². The number of aromatic amines is 1. The Morgan fingerprint density at radius 1 is 0.974 bits per heavy atom. The number of carbonyl (C=O) groups excluding carboxylic acids is 1. The van der Waals surface area contributed by atoms with E-state index in [-0.39, 0.29) is 6.09 Å². The van der Waals surface area contributed by atoms with Crippen LogP contribution in [0.3, 0.4) is 0 Å². The van der Waals surface area contributed by atoms with Crippen molar-refractivity contribution in [3.63, 3.8) is 0 Å². The molecule has 2 N–H and O–H groups in total. The summed E-state index contributed by atoms with van der Waals surface area (Å²) in [5, 5.41) is 15.0. The second-order valence-corrected chi connectivity index (χ2v) is 10.8. The summed E-state index contributed by atoms with van der Waals surface area (Å²) in [6.07, 6.45) is 5.95. The Bertz CT molecular complexity index is 1580. The van der Waals surface area contributed by atoms with Crippen LogP contribution in [0, 0.1) is 0 Å². The molecule has 192 valence electrons. The van der Waals surface area contributed by atoms with E-state index in [1.54, 1.807) is 12.4 Å². The number of fused-ring (bicyclic) bond motifs is 1. The van der Waals surface area contributed by atoms with E-state index in [9.17, 15) is 4.79 Å². The second-order valence-electron chi connectivity index (χ2n) is 10.8. The maximum atomic E-state index is 12.6. The van der Waals surface area contributed by atoms with Gasteiger partial charge < -0.3 is 10.1 Å². The number of nitrogens with zero attached hydrogens (tertiary/aromatic N) is 4. The predicted octanol–water partition coefficient (Wildman–Crippen LogP) is 6.36. The molecule has 5 aromatic rings. The van der Waals surface area contributed by atoms with Gasteiger partial charge >= 0.3 is 6.09 Å². The van der Waals surface area contributed by atoms with Crippen LogP contribution in [0.25, 0.3) is 39.4 Å². The van der Waals surface area contributed by atoms with E-state index in [1.165, 1.54) is 0 Å². The van der Waals surface area contributed by atoms with Crippen LogP contribution in [0.1, 0.15) is 45.6 Å². The zero-order chi connectivity index (χ0) is 26.3. The first-order valence-electron chi connectivity index (χ1n) is 12.9. The van der Waals surface area contributed by atoms with Gasteiger partial charge in [0, 0.05) is 29.1 Å². The number of rotatable bonds is 5. The monoisotopic (exact) mass is 506 g/mol. The van der Waals surface area contributed by atoms with Gasteiger partial charge in [-0.2, -0.15) is 10.2 Å². The van der Waals surface area contributed by atoms with Gasteiger partial charge in [0.1, 0.15) is 11.3 Å². The molecule has 6 rings (SSSR count). The fourth-order valence-electron chi connectivity index (χ4n) is 5.08. The molecule has 8 heteroatoms. The van der Waals surface area contributed by atoms with Crippen molar-refractivity contribution in [1.29, 1.82) is 0 Å². The maximum Gasteiger partial charge on any atom is 0.408 e. The molecular weight excluding hydrogens is 476 g/mol. The Morgan fingerprint density at radius 2 is 1.74 bits per heavy atom. The third-order valence-corrected chi connectivity index (χ3v) is 7.02. The molecule has 1 amide bonds. The molecule has 1 fully saturated rings. The lowest BCUT2D eigenvalue weighted by Crippen LogP contribution is -2.52. The minimum Gasteiger partial charge on any atom is -0.444 e. The Hall–Kier alpha value is -4.46. The average Bonchev–Trinajstić information content (AvgIpc) is 3.54. The quantitative estimate of drug-likeness (QED) is 0.289. The largest absolute Gasteiger partial charge is 0.444 e.